The van der Waals surface area contributed by atoms with Gasteiger partial charge in [-0.15, -0.1) is 0 Å². The summed E-state index contributed by atoms with van der Waals surface area (Å²) in [6, 6.07) is 6.06. The number of carbonyl (C=O) groups is 2. The molecule has 6 heteroatoms. The molecule has 0 saturated carbocycles. The minimum atomic E-state index is -0.504. The van der Waals surface area contributed by atoms with Crippen LogP contribution in [0.5, 0.6) is 0 Å². The molecule has 20 heavy (non-hydrogen) atoms. The molecule has 1 aliphatic rings. The highest BCUT2D eigenvalue weighted by Crippen LogP contribution is 2.27. The summed E-state index contributed by atoms with van der Waals surface area (Å²) in [5, 5.41) is 4.56. The third-order valence-electron chi connectivity index (χ3n) is 3.44. The number of nitrogens with one attached hydrogen (secondary N) is 2. The predicted molar refractivity (Wildman–Crippen MR) is 72.8 cm³/mol. The molecule has 0 radical (unpaired) electrons. The molecule has 2 rings (SSSR count). The van der Waals surface area contributed by atoms with E-state index in [9.17, 15) is 14.0 Å². The lowest BCUT2D eigenvalue weighted by Crippen LogP contribution is -2.42. The van der Waals surface area contributed by atoms with Crippen LogP contribution in [0.15, 0.2) is 24.3 Å². The fraction of sp³-hybridized carbons (Fsp3) is 0.429. The molecule has 1 aromatic rings. The van der Waals surface area contributed by atoms with E-state index in [0.29, 0.717) is 6.54 Å². The Morgan fingerprint density at radius 3 is 2.95 bits per heavy atom. The minimum Gasteiger partial charge on any atom is -0.341 e. The Bertz CT molecular complexity index is 507. The Kier molecular flexibility index (Phi) is 4.68. The van der Waals surface area contributed by atoms with E-state index < -0.39 is 6.03 Å². The summed E-state index contributed by atoms with van der Waals surface area (Å²) in [5.41, 5.74) is 0.958. The largest absolute Gasteiger partial charge is 0.341 e. The summed E-state index contributed by atoms with van der Waals surface area (Å²) in [6.07, 6.45) is 0.886. The van der Waals surface area contributed by atoms with E-state index in [4.69, 9.17) is 0 Å². The normalized spacial score (nSPS) is 18.8. The van der Waals surface area contributed by atoms with Crippen LogP contribution in [0, 0.1) is 5.82 Å². The zero-order chi connectivity index (χ0) is 14.5. The van der Waals surface area contributed by atoms with Crippen LogP contribution in [0.1, 0.15) is 17.9 Å². The number of halogens is 1. The SMILES string of the molecule is CNC(=O)NC(=O)CN1CC[C@@H](c2cccc(F)c2)C1. The smallest absolute Gasteiger partial charge is 0.321 e. The fourth-order valence-corrected chi connectivity index (χ4v) is 2.44. The number of hydrogen-bond acceptors (Lipinski definition) is 3. The number of nitrogens with zero attached hydrogens (tertiary/aromatic N) is 1. The van der Waals surface area contributed by atoms with E-state index in [-0.39, 0.29) is 24.2 Å². The number of amides is 3. The van der Waals surface area contributed by atoms with Gasteiger partial charge in [-0.1, -0.05) is 12.1 Å². The maximum atomic E-state index is 13.2. The molecule has 1 aromatic carbocycles. The monoisotopic (exact) mass is 279 g/mol. The first-order chi connectivity index (χ1) is 9.58. The van der Waals surface area contributed by atoms with Gasteiger partial charge in [-0.25, -0.2) is 9.18 Å². The zero-order valence-electron chi connectivity index (χ0n) is 11.4. The molecule has 1 aliphatic heterocycles. The molecule has 0 unspecified atom stereocenters. The van der Waals surface area contributed by atoms with Crippen molar-refractivity contribution in [2.75, 3.05) is 26.7 Å². The van der Waals surface area contributed by atoms with E-state index in [1.54, 1.807) is 12.1 Å². The van der Waals surface area contributed by atoms with Crippen molar-refractivity contribution in [3.05, 3.63) is 35.6 Å². The number of likely N-dealkylation sites (tertiary alicyclic amines) is 1. The van der Waals surface area contributed by atoms with Crippen LogP contribution in [-0.2, 0) is 4.79 Å². The summed E-state index contributed by atoms with van der Waals surface area (Å²) >= 11 is 0. The van der Waals surface area contributed by atoms with Crippen LogP contribution in [-0.4, -0.2) is 43.5 Å². The lowest BCUT2D eigenvalue weighted by atomic mass is 9.98. The standard InChI is InChI=1S/C14H18FN3O2/c1-16-14(20)17-13(19)9-18-6-5-11(8-18)10-3-2-4-12(15)7-10/h2-4,7,11H,5-6,8-9H2,1H3,(H2,16,17,19,20)/t11-/m1/s1. The highest BCUT2D eigenvalue weighted by molar-refractivity contribution is 5.95. The Labute approximate surface area is 117 Å². The van der Waals surface area contributed by atoms with Crippen molar-refractivity contribution in [3.63, 3.8) is 0 Å². The number of imide groups is 1. The van der Waals surface area contributed by atoms with Gasteiger partial charge in [0.1, 0.15) is 5.82 Å². The van der Waals surface area contributed by atoms with Gasteiger partial charge in [-0.05, 0) is 36.6 Å². The van der Waals surface area contributed by atoms with Crippen molar-refractivity contribution in [1.82, 2.24) is 15.5 Å². The Hall–Kier alpha value is -1.95. The van der Waals surface area contributed by atoms with Gasteiger partial charge in [0.05, 0.1) is 6.54 Å². The van der Waals surface area contributed by atoms with Crippen molar-refractivity contribution < 1.29 is 14.0 Å². The van der Waals surface area contributed by atoms with Gasteiger partial charge in [-0.2, -0.15) is 0 Å². The molecule has 0 aliphatic carbocycles. The molecule has 0 aromatic heterocycles. The van der Waals surface area contributed by atoms with Crippen LogP contribution < -0.4 is 10.6 Å². The molecular formula is C14H18FN3O2. The highest BCUT2D eigenvalue weighted by Gasteiger charge is 2.25. The Morgan fingerprint density at radius 2 is 2.25 bits per heavy atom. The maximum absolute atomic E-state index is 13.2. The average molecular weight is 279 g/mol. The van der Waals surface area contributed by atoms with E-state index in [1.165, 1.54) is 13.1 Å². The van der Waals surface area contributed by atoms with E-state index >= 15 is 0 Å². The third kappa shape index (κ3) is 3.77. The molecule has 0 spiro atoms. The van der Waals surface area contributed by atoms with Crippen molar-refractivity contribution in [2.24, 2.45) is 0 Å². The van der Waals surface area contributed by atoms with Crippen LogP contribution in [0.4, 0.5) is 9.18 Å². The summed E-state index contributed by atoms with van der Waals surface area (Å²) in [5.74, 6) is -0.332. The molecule has 3 amide bonds. The first-order valence-electron chi connectivity index (χ1n) is 6.58. The predicted octanol–water partition coefficient (Wildman–Crippen LogP) is 1.07. The van der Waals surface area contributed by atoms with Gasteiger partial charge in [0.15, 0.2) is 0 Å². The molecule has 2 N–H and O–H groups in total. The number of benzene rings is 1. The molecule has 1 fully saturated rings. The maximum Gasteiger partial charge on any atom is 0.321 e. The van der Waals surface area contributed by atoms with Gasteiger partial charge >= 0.3 is 6.03 Å². The van der Waals surface area contributed by atoms with Crippen molar-refractivity contribution in [1.29, 1.82) is 0 Å². The number of rotatable bonds is 3. The van der Waals surface area contributed by atoms with Gasteiger partial charge in [-0.3, -0.25) is 15.0 Å². The summed E-state index contributed by atoms with van der Waals surface area (Å²) in [7, 11) is 1.46. The van der Waals surface area contributed by atoms with Crippen molar-refractivity contribution in [3.8, 4) is 0 Å². The van der Waals surface area contributed by atoms with Crippen LogP contribution in [0.25, 0.3) is 0 Å². The van der Waals surface area contributed by atoms with Gasteiger partial charge < -0.3 is 5.32 Å². The van der Waals surface area contributed by atoms with Crippen LogP contribution >= 0.6 is 0 Å². The number of hydrogen-bond donors (Lipinski definition) is 2. The van der Waals surface area contributed by atoms with Gasteiger partial charge in [0, 0.05) is 13.6 Å². The van der Waals surface area contributed by atoms with Gasteiger partial charge in [0.2, 0.25) is 5.91 Å². The number of urea groups is 1. The van der Waals surface area contributed by atoms with E-state index in [0.717, 1.165) is 18.5 Å². The summed E-state index contributed by atoms with van der Waals surface area (Å²) in [6.45, 7) is 1.65. The van der Waals surface area contributed by atoms with Crippen molar-refractivity contribution >= 4 is 11.9 Å². The van der Waals surface area contributed by atoms with E-state index in [2.05, 4.69) is 10.6 Å². The molecule has 108 valence electrons. The average Bonchev–Trinajstić information content (AvgIpc) is 2.87. The Morgan fingerprint density at radius 1 is 1.45 bits per heavy atom. The second-order valence-electron chi connectivity index (χ2n) is 4.90. The zero-order valence-corrected chi connectivity index (χ0v) is 11.4. The minimum absolute atomic E-state index is 0.180. The summed E-state index contributed by atoms with van der Waals surface area (Å²) in [4.78, 5) is 24.6. The van der Waals surface area contributed by atoms with Crippen LogP contribution in [0.2, 0.25) is 0 Å². The third-order valence-corrected chi connectivity index (χ3v) is 3.44. The summed E-state index contributed by atoms with van der Waals surface area (Å²) < 4.78 is 13.2. The lowest BCUT2D eigenvalue weighted by Gasteiger charge is -2.15. The second-order valence-corrected chi connectivity index (χ2v) is 4.90. The van der Waals surface area contributed by atoms with E-state index in [1.807, 2.05) is 11.0 Å². The first kappa shape index (κ1) is 14.5. The Balaban J connectivity index is 1.86. The molecule has 1 atom stereocenters. The highest BCUT2D eigenvalue weighted by atomic mass is 19.1. The molecule has 0 bridgehead atoms. The van der Waals surface area contributed by atoms with Crippen molar-refractivity contribution in [2.45, 2.75) is 12.3 Å². The molecule has 5 nitrogen and oxygen atoms in total. The second kappa shape index (κ2) is 6.47. The van der Waals surface area contributed by atoms with Gasteiger partial charge in [0.25, 0.3) is 0 Å². The molecule has 1 heterocycles. The quantitative estimate of drug-likeness (QED) is 0.870. The number of carbonyl (C=O) groups excluding carboxylic acids is 2. The molecule has 1 saturated heterocycles. The molecular weight excluding hydrogens is 261 g/mol. The topological polar surface area (TPSA) is 61.4 Å². The van der Waals surface area contributed by atoms with Crippen LogP contribution in [0.3, 0.4) is 0 Å². The fourth-order valence-electron chi connectivity index (χ4n) is 2.44. The first-order valence-corrected chi connectivity index (χ1v) is 6.58. The lowest BCUT2D eigenvalue weighted by molar-refractivity contribution is -0.120.